The molecule has 2 rings (SSSR count). The average Bonchev–Trinajstić information content (AvgIpc) is 2.96. The van der Waals surface area contributed by atoms with Gasteiger partial charge >= 0.3 is 5.95 Å². The van der Waals surface area contributed by atoms with Crippen molar-refractivity contribution in [2.75, 3.05) is 7.11 Å². The fourth-order valence-electron chi connectivity index (χ4n) is 1.65. The quantitative estimate of drug-likeness (QED) is 0.467. The fourth-order valence-corrected chi connectivity index (χ4v) is 1.65. The van der Waals surface area contributed by atoms with Crippen molar-refractivity contribution in [2.45, 2.75) is 13.0 Å². The molecule has 1 aromatic heterocycles. The van der Waals surface area contributed by atoms with E-state index >= 15 is 0 Å². The van der Waals surface area contributed by atoms with Crippen molar-refractivity contribution in [1.82, 2.24) is 14.8 Å². The summed E-state index contributed by atoms with van der Waals surface area (Å²) in [4.78, 5) is 25.6. The SMILES string of the molecule is COc1ccc(C(=O)C(C)n2cnc([N+](=O)[O-])n2)cc1. The van der Waals surface area contributed by atoms with Crippen LogP contribution in [0.15, 0.2) is 30.6 Å². The van der Waals surface area contributed by atoms with Gasteiger partial charge in [0.1, 0.15) is 11.8 Å². The summed E-state index contributed by atoms with van der Waals surface area (Å²) in [5.41, 5.74) is 0.469. The number of benzene rings is 1. The van der Waals surface area contributed by atoms with Crippen LogP contribution in [-0.4, -0.2) is 32.6 Å². The van der Waals surface area contributed by atoms with E-state index in [1.54, 1.807) is 31.2 Å². The van der Waals surface area contributed by atoms with E-state index in [4.69, 9.17) is 4.74 Å². The molecule has 1 aromatic carbocycles. The van der Waals surface area contributed by atoms with Gasteiger partial charge in [-0.2, -0.15) is 4.68 Å². The Morgan fingerprint density at radius 3 is 2.55 bits per heavy atom. The lowest BCUT2D eigenvalue weighted by molar-refractivity contribution is -0.394. The van der Waals surface area contributed by atoms with Crippen LogP contribution in [0.4, 0.5) is 5.95 Å². The van der Waals surface area contributed by atoms with E-state index in [1.807, 2.05) is 0 Å². The highest BCUT2D eigenvalue weighted by Gasteiger charge is 2.23. The number of ketones is 1. The first-order chi connectivity index (χ1) is 9.52. The Balaban J connectivity index is 2.20. The zero-order valence-electron chi connectivity index (χ0n) is 10.9. The second-order valence-corrected chi connectivity index (χ2v) is 4.05. The zero-order valence-corrected chi connectivity index (χ0v) is 10.9. The maximum Gasteiger partial charge on any atom is 0.490 e. The molecule has 8 heteroatoms. The summed E-state index contributed by atoms with van der Waals surface area (Å²) in [5, 5.41) is 14.2. The standard InChI is InChI=1S/C12H12N4O4/c1-8(15-7-13-12(14-15)16(18)19)11(17)9-3-5-10(20-2)6-4-9/h3-8H,1-2H3. The zero-order chi connectivity index (χ0) is 14.7. The predicted octanol–water partition coefficient (Wildman–Crippen LogP) is 1.64. The van der Waals surface area contributed by atoms with Gasteiger partial charge in [0, 0.05) is 10.7 Å². The normalized spacial score (nSPS) is 11.9. The summed E-state index contributed by atoms with van der Waals surface area (Å²) in [5.74, 6) is -0.0996. The van der Waals surface area contributed by atoms with Gasteiger partial charge in [-0.25, -0.2) is 0 Å². The van der Waals surface area contributed by atoms with Gasteiger partial charge in [-0.05, 0) is 36.1 Å². The van der Waals surface area contributed by atoms with Gasteiger partial charge < -0.3 is 14.9 Å². The molecule has 0 spiro atoms. The van der Waals surface area contributed by atoms with E-state index in [1.165, 1.54) is 18.1 Å². The van der Waals surface area contributed by atoms with Crippen molar-refractivity contribution in [3.63, 3.8) is 0 Å². The van der Waals surface area contributed by atoms with E-state index < -0.39 is 16.9 Å². The minimum Gasteiger partial charge on any atom is -0.497 e. The van der Waals surface area contributed by atoms with Crippen molar-refractivity contribution >= 4 is 11.7 Å². The van der Waals surface area contributed by atoms with E-state index in [-0.39, 0.29) is 5.78 Å². The Morgan fingerprint density at radius 2 is 2.05 bits per heavy atom. The fraction of sp³-hybridized carbons (Fsp3) is 0.250. The molecule has 1 unspecified atom stereocenters. The van der Waals surface area contributed by atoms with Gasteiger partial charge in [0.15, 0.2) is 5.78 Å². The lowest BCUT2D eigenvalue weighted by atomic mass is 10.1. The smallest absolute Gasteiger partial charge is 0.490 e. The van der Waals surface area contributed by atoms with Gasteiger partial charge in [0.2, 0.25) is 6.33 Å². The van der Waals surface area contributed by atoms with Crippen LogP contribution < -0.4 is 4.74 Å². The first-order valence-electron chi connectivity index (χ1n) is 5.76. The molecular formula is C12H12N4O4. The van der Waals surface area contributed by atoms with Crippen LogP contribution in [0.3, 0.4) is 0 Å². The molecule has 104 valence electrons. The summed E-state index contributed by atoms with van der Waals surface area (Å²) in [7, 11) is 1.54. The van der Waals surface area contributed by atoms with Crippen LogP contribution in [0.2, 0.25) is 0 Å². The molecule has 0 aliphatic rings. The van der Waals surface area contributed by atoms with Crippen molar-refractivity contribution in [2.24, 2.45) is 0 Å². The number of carbonyl (C=O) groups is 1. The highest BCUT2D eigenvalue weighted by Crippen LogP contribution is 2.17. The van der Waals surface area contributed by atoms with Crippen molar-refractivity contribution in [3.05, 3.63) is 46.3 Å². The third-order valence-electron chi connectivity index (χ3n) is 2.81. The van der Waals surface area contributed by atoms with Crippen LogP contribution in [0.25, 0.3) is 0 Å². The topological polar surface area (TPSA) is 100 Å². The Labute approximate surface area is 114 Å². The molecule has 0 bridgehead atoms. The number of methoxy groups -OCH3 is 1. The molecule has 0 saturated heterocycles. The van der Waals surface area contributed by atoms with E-state index in [2.05, 4.69) is 10.1 Å². The number of hydrogen-bond acceptors (Lipinski definition) is 6. The Morgan fingerprint density at radius 1 is 1.40 bits per heavy atom. The second kappa shape index (κ2) is 5.47. The molecule has 0 aliphatic heterocycles. The van der Waals surface area contributed by atoms with E-state index in [0.29, 0.717) is 11.3 Å². The van der Waals surface area contributed by atoms with Crippen LogP contribution in [-0.2, 0) is 0 Å². The molecule has 1 heterocycles. The summed E-state index contributed by atoms with van der Waals surface area (Å²) < 4.78 is 6.18. The number of hydrogen-bond donors (Lipinski definition) is 0. The van der Waals surface area contributed by atoms with Crippen molar-refractivity contribution in [1.29, 1.82) is 0 Å². The van der Waals surface area contributed by atoms with E-state index in [9.17, 15) is 14.9 Å². The number of nitrogens with zero attached hydrogens (tertiary/aromatic N) is 4. The number of nitro groups is 1. The van der Waals surface area contributed by atoms with Crippen molar-refractivity contribution in [3.8, 4) is 5.75 Å². The summed E-state index contributed by atoms with van der Waals surface area (Å²) in [6.07, 6.45) is 1.17. The first-order valence-corrected chi connectivity index (χ1v) is 5.76. The van der Waals surface area contributed by atoms with Gasteiger partial charge in [-0.3, -0.25) is 4.79 Å². The Kier molecular flexibility index (Phi) is 3.74. The lowest BCUT2D eigenvalue weighted by Crippen LogP contribution is -2.17. The summed E-state index contributed by atoms with van der Waals surface area (Å²) in [6, 6.07) is 5.92. The predicted molar refractivity (Wildman–Crippen MR) is 68.7 cm³/mol. The third-order valence-corrected chi connectivity index (χ3v) is 2.81. The summed E-state index contributed by atoms with van der Waals surface area (Å²) in [6.45, 7) is 1.60. The number of ether oxygens (including phenoxy) is 1. The maximum atomic E-state index is 12.2. The molecule has 2 aromatic rings. The first kappa shape index (κ1) is 13.7. The lowest BCUT2D eigenvalue weighted by Gasteiger charge is -2.08. The monoisotopic (exact) mass is 276 g/mol. The molecule has 0 saturated carbocycles. The highest BCUT2D eigenvalue weighted by molar-refractivity contribution is 5.98. The second-order valence-electron chi connectivity index (χ2n) is 4.05. The average molecular weight is 276 g/mol. The molecule has 8 nitrogen and oxygen atoms in total. The van der Waals surface area contributed by atoms with Gasteiger partial charge in [0.05, 0.1) is 7.11 Å². The molecule has 1 atom stereocenters. The van der Waals surface area contributed by atoms with Gasteiger partial charge in [-0.15, -0.1) is 0 Å². The number of rotatable bonds is 5. The Hall–Kier alpha value is -2.77. The van der Waals surface area contributed by atoms with Crippen LogP contribution >= 0.6 is 0 Å². The van der Waals surface area contributed by atoms with Gasteiger partial charge in [-0.1, -0.05) is 4.98 Å². The molecule has 0 radical (unpaired) electrons. The van der Waals surface area contributed by atoms with Crippen LogP contribution in [0, 0.1) is 10.1 Å². The molecular weight excluding hydrogens is 264 g/mol. The highest BCUT2D eigenvalue weighted by atomic mass is 16.6. The molecule has 0 N–H and O–H groups in total. The van der Waals surface area contributed by atoms with Crippen LogP contribution in [0.1, 0.15) is 23.3 Å². The Bertz CT molecular complexity index is 635. The molecule has 0 aliphatic carbocycles. The van der Waals surface area contributed by atoms with E-state index in [0.717, 1.165) is 0 Å². The molecule has 20 heavy (non-hydrogen) atoms. The number of carbonyl (C=O) groups excluding carboxylic acids is 1. The maximum absolute atomic E-state index is 12.2. The molecule has 0 amide bonds. The van der Waals surface area contributed by atoms with Gasteiger partial charge in [0.25, 0.3) is 0 Å². The minimum atomic E-state index is -0.707. The minimum absolute atomic E-state index is 0.215. The number of aromatic nitrogens is 3. The third kappa shape index (κ3) is 2.63. The van der Waals surface area contributed by atoms with Crippen molar-refractivity contribution < 1.29 is 14.5 Å². The number of Topliss-reactive ketones (excluding diaryl/α,β-unsaturated/α-hetero) is 1. The van der Waals surface area contributed by atoms with Crippen LogP contribution in [0.5, 0.6) is 5.75 Å². The summed E-state index contributed by atoms with van der Waals surface area (Å²) >= 11 is 0. The molecule has 0 fully saturated rings. The largest absolute Gasteiger partial charge is 0.497 e.